The molecule has 0 radical (unpaired) electrons. The lowest BCUT2D eigenvalue weighted by Crippen LogP contribution is -2.34. The summed E-state index contributed by atoms with van der Waals surface area (Å²) in [4.78, 5) is 25.4. The first-order chi connectivity index (χ1) is 12.9. The maximum absolute atomic E-state index is 12.8. The van der Waals surface area contributed by atoms with Crippen molar-refractivity contribution in [2.24, 2.45) is 0 Å². The Morgan fingerprint density at radius 2 is 1.89 bits per heavy atom. The molecule has 0 aliphatic carbocycles. The Kier molecular flexibility index (Phi) is 6.15. The molecule has 0 saturated heterocycles. The Morgan fingerprint density at radius 1 is 1.26 bits per heavy atom. The van der Waals surface area contributed by atoms with Gasteiger partial charge in [0.05, 0.1) is 18.5 Å². The molecule has 10 heteroatoms. The third-order valence-electron chi connectivity index (χ3n) is 4.14. The van der Waals surface area contributed by atoms with Gasteiger partial charge in [0.2, 0.25) is 12.7 Å². The van der Waals surface area contributed by atoms with Gasteiger partial charge >= 0.3 is 7.60 Å². The average molecular weight is 415 g/mol. The fourth-order valence-corrected chi connectivity index (χ4v) is 5.54. The minimum Gasteiger partial charge on any atom is -0.454 e. The van der Waals surface area contributed by atoms with E-state index in [0.29, 0.717) is 22.6 Å². The zero-order chi connectivity index (χ0) is 19.6. The number of fused-ring (bicyclic) bond motifs is 2. The van der Waals surface area contributed by atoms with E-state index in [9.17, 15) is 14.2 Å². The van der Waals surface area contributed by atoms with Crippen molar-refractivity contribution in [3.63, 3.8) is 0 Å². The van der Waals surface area contributed by atoms with Crippen molar-refractivity contribution in [1.82, 2.24) is 5.32 Å². The highest BCUT2D eigenvalue weighted by molar-refractivity contribution is 8.01. The van der Waals surface area contributed by atoms with Gasteiger partial charge in [0.1, 0.15) is 11.5 Å². The van der Waals surface area contributed by atoms with Gasteiger partial charge in [-0.15, -0.1) is 11.8 Å². The van der Waals surface area contributed by atoms with Gasteiger partial charge < -0.3 is 23.8 Å². The van der Waals surface area contributed by atoms with Crippen LogP contribution >= 0.6 is 19.4 Å². The van der Waals surface area contributed by atoms with Gasteiger partial charge in [-0.25, -0.2) is 0 Å². The quantitative estimate of drug-likeness (QED) is 0.678. The van der Waals surface area contributed by atoms with E-state index in [1.165, 1.54) is 11.8 Å². The second-order valence-electron chi connectivity index (χ2n) is 5.96. The molecule has 2 aliphatic rings. The molecule has 0 unspecified atom stereocenters. The molecule has 27 heavy (non-hydrogen) atoms. The first-order valence-corrected chi connectivity index (χ1v) is 11.3. The number of Topliss-reactive ketones (excluding diaryl/α,β-unsaturated/α-hetero) is 1. The topological polar surface area (TPSA) is 100 Å². The predicted molar refractivity (Wildman–Crippen MR) is 101 cm³/mol. The summed E-state index contributed by atoms with van der Waals surface area (Å²) in [6.07, 6.45) is -0.229. The summed E-state index contributed by atoms with van der Waals surface area (Å²) < 4.78 is 33.7. The van der Waals surface area contributed by atoms with Crippen molar-refractivity contribution in [3.05, 3.63) is 23.3 Å². The normalized spacial score (nSPS) is 21.1. The van der Waals surface area contributed by atoms with Crippen LogP contribution < -0.4 is 14.8 Å². The molecular weight excluding hydrogens is 393 g/mol. The molecule has 2 atom stereocenters. The van der Waals surface area contributed by atoms with E-state index < -0.39 is 12.8 Å². The lowest BCUT2D eigenvalue weighted by Gasteiger charge is -2.28. The van der Waals surface area contributed by atoms with E-state index in [4.69, 9.17) is 18.5 Å². The highest BCUT2D eigenvalue weighted by Crippen LogP contribution is 2.48. The van der Waals surface area contributed by atoms with Crippen LogP contribution in [0.1, 0.15) is 41.9 Å². The minimum atomic E-state index is -3.40. The molecule has 1 aromatic rings. The number of hydrogen-bond acceptors (Lipinski definition) is 8. The molecule has 0 spiro atoms. The van der Waals surface area contributed by atoms with Crippen LogP contribution in [0, 0.1) is 0 Å². The number of benzene rings is 1. The van der Waals surface area contributed by atoms with E-state index >= 15 is 0 Å². The van der Waals surface area contributed by atoms with Gasteiger partial charge in [0.15, 0.2) is 17.3 Å². The van der Waals surface area contributed by atoms with E-state index in [1.807, 2.05) is 0 Å². The largest absolute Gasteiger partial charge is 0.454 e. The number of carbonyl (C=O) groups excluding carboxylic acids is 2. The van der Waals surface area contributed by atoms with E-state index in [1.54, 1.807) is 32.9 Å². The second-order valence-corrected chi connectivity index (χ2v) is 9.47. The Balaban J connectivity index is 1.82. The predicted octanol–water partition coefficient (Wildman–Crippen LogP) is 3.11. The van der Waals surface area contributed by atoms with E-state index in [-0.39, 0.29) is 43.2 Å². The molecule has 0 aromatic heterocycles. The van der Waals surface area contributed by atoms with Gasteiger partial charge in [0.25, 0.3) is 0 Å². The highest BCUT2D eigenvalue weighted by atomic mass is 32.2. The number of carbonyl (C=O) groups is 2. The lowest BCUT2D eigenvalue weighted by molar-refractivity contribution is -0.120. The molecule has 1 aromatic carbocycles. The Bertz CT molecular complexity index is 790. The number of nitrogens with one attached hydrogen (secondary N) is 1. The fraction of sp³-hybridized carbons (Fsp3) is 0.529. The standard InChI is InChI=1S/C17H22NO7PS/c1-4-24-26(21,25-5-2)8-18-17(20)16-12-7-14-13(22-9-23-14)6-11(12)15(19)10(3)27-16/h6-7,10,16H,4-5,8-9H2,1-3H3,(H,18,20)/t10-,16+/m0/s1. The minimum absolute atomic E-state index is 0.0633. The maximum Gasteiger partial charge on any atom is 0.349 e. The molecular formula is C17H22NO7PS. The number of rotatable bonds is 7. The van der Waals surface area contributed by atoms with Gasteiger partial charge in [-0.1, -0.05) is 0 Å². The van der Waals surface area contributed by atoms with Crippen LogP contribution in [-0.2, 0) is 18.4 Å². The smallest absolute Gasteiger partial charge is 0.349 e. The number of ether oxygens (including phenoxy) is 2. The van der Waals surface area contributed by atoms with Crippen molar-refractivity contribution >= 4 is 31.0 Å². The fourth-order valence-electron chi connectivity index (χ4n) is 2.94. The van der Waals surface area contributed by atoms with Crippen LogP contribution in [0.5, 0.6) is 11.5 Å². The van der Waals surface area contributed by atoms with Crippen LogP contribution in [0.15, 0.2) is 12.1 Å². The van der Waals surface area contributed by atoms with Gasteiger partial charge in [-0.3, -0.25) is 14.2 Å². The third kappa shape index (κ3) is 4.16. The third-order valence-corrected chi connectivity index (χ3v) is 7.35. The zero-order valence-electron chi connectivity index (χ0n) is 15.4. The SMILES string of the molecule is CCOP(=O)(CNC(=O)[C@@H]1S[C@@H](C)C(=O)c2cc3c(cc21)OCO3)OCC. The van der Waals surface area contributed by atoms with Crippen LogP contribution in [-0.4, -0.2) is 43.2 Å². The van der Waals surface area contributed by atoms with Crippen LogP contribution in [0.25, 0.3) is 0 Å². The van der Waals surface area contributed by atoms with E-state index in [0.717, 1.165) is 0 Å². The van der Waals surface area contributed by atoms with Gasteiger partial charge in [-0.05, 0) is 38.5 Å². The van der Waals surface area contributed by atoms with E-state index in [2.05, 4.69) is 5.32 Å². The second kappa shape index (κ2) is 8.22. The number of ketones is 1. The molecule has 1 amide bonds. The summed E-state index contributed by atoms with van der Waals surface area (Å²) in [7, 11) is -3.40. The Hall–Kier alpha value is -1.54. The highest BCUT2D eigenvalue weighted by Gasteiger charge is 2.38. The zero-order valence-corrected chi connectivity index (χ0v) is 17.1. The summed E-state index contributed by atoms with van der Waals surface area (Å²) in [6, 6.07) is 3.30. The molecule has 0 bridgehead atoms. The lowest BCUT2D eigenvalue weighted by atomic mass is 9.97. The molecule has 148 valence electrons. The van der Waals surface area contributed by atoms with Gasteiger partial charge in [-0.2, -0.15) is 0 Å². The Labute approximate surface area is 161 Å². The Morgan fingerprint density at radius 3 is 2.52 bits per heavy atom. The number of hydrogen-bond donors (Lipinski definition) is 1. The monoisotopic (exact) mass is 415 g/mol. The summed E-state index contributed by atoms with van der Waals surface area (Å²) in [5.74, 6) is 0.576. The van der Waals surface area contributed by atoms with Crippen molar-refractivity contribution in [2.45, 2.75) is 31.3 Å². The van der Waals surface area contributed by atoms with Crippen LogP contribution in [0.2, 0.25) is 0 Å². The summed E-state index contributed by atoms with van der Waals surface area (Å²) in [6.45, 7) is 5.67. The van der Waals surface area contributed by atoms with Crippen LogP contribution in [0.4, 0.5) is 0 Å². The number of amides is 1. The molecule has 8 nitrogen and oxygen atoms in total. The first kappa shape index (κ1) is 20.2. The summed E-state index contributed by atoms with van der Waals surface area (Å²) >= 11 is 1.24. The molecule has 0 fully saturated rings. The maximum atomic E-state index is 12.8. The van der Waals surface area contributed by atoms with Crippen molar-refractivity contribution < 1.29 is 32.7 Å². The van der Waals surface area contributed by atoms with Crippen molar-refractivity contribution in [1.29, 1.82) is 0 Å². The average Bonchev–Trinajstić information content (AvgIpc) is 3.09. The van der Waals surface area contributed by atoms with Gasteiger partial charge in [0, 0.05) is 5.56 Å². The first-order valence-electron chi connectivity index (χ1n) is 8.67. The van der Waals surface area contributed by atoms with Crippen LogP contribution in [0.3, 0.4) is 0 Å². The molecule has 1 N–H and O–H groups in total. The number of thioether (sulfide) groups is 1. The molecule has 2 heterocycles. The molecule has 0 saturated carbocycles. The van der Waals surface area contributed by atoms with Crippen molar-refractivity contribution in [3.8, 4) is 11.5 Å². The summed E-state index contributed by atoms with van der Waals surface area (Å²) in [5.41, 5.74) is 1.01. The molecule has 2 aliphatic heterocycles. The summed E-state index contributed by atoms with van der Waals surface area (Å²) in [5, 5.41) is 1.62. The van der Waals surface area contributed by atoms with Crippen molar-refractivity contribution in [2.75, 3.05) is 26.3 Å². The molecule has 3 rings (SSSR count).